The molecule has 0 aromatic carbocycles. The summed E-state index contributed by atoms with van der Waals surface area (Å²) in [6.07, 6.45) is 3.24. The molecule has 1 saturated heterocycles. The summed E-state index contributed by atoms with van der Waals surface area (Å²) in [4.78, 5) is 14.3. The number of carbonyl (C=O) groups excluding carboxylic acids is 1. The maximum absolute atomic E-state index is 12.3. The van der Waals surface area contributed by atoms with Crippen LogP contribution >= 0.6 is 0 Å². The van der Waals surface area contributed by atoms with Gasteiger partial charge in [0.05, 0.1) is 0 Å². The second-order valence-corrected chi connectivity index (χ2v) is 5.39. The number of rotatable bonds is 4. The van der Waals surface area contributed by atoms with E-state index < -0.39 is 0 Å². The molecule has 94 valence electrons. The van der Waals surface area contributed by atoms with Crippen molar-refractivity contribution in [1.82, 2.24) is 10.2 Å². The van der Waals surface area contributed by atoms with Gasteiger partial charge in [0.2, 0.25) is 5.91 Å². The molecule has 16 heavy (non-hydrogen) atoms. The number of likely N-dealkylation sites (N-methyl/N-ethyl adjacent to an activating group) is 1. The van der Waals surface area contributed by atoms with E-state index in [1.54, 1.807) is 0 Å². The highest BCUT2D eigenvalue weighted by molar-refractivity contribution is 5.82. The average molecular weight is 226 g/mol. The standard InChI is InChI=1S/C13H26N2O/c1-5-13(3,4)12(16)15-9-7-8-11(10-15)14-6-2/h11,14H,5-10H2,1-4H3. The summed E-state index contributed by atoms with van der Waals surface area (Å²) in [5.74, 6) is 0.317. The summed E-state index contributed by atoms with van der Waals surface area (Å²) in [6, 6.07) is 0.496. The molecule has 1 fully saturated rings. The molecule has 0 aromatic rings. The van der Waals surface area contributed by atoms with Gasteiger partial charge in [-0.25, -0.2) is 0 Å². The molecular weight excluding hydrogens is 200 g/mol. The minimum atomic E-state index is -0.200. The van der Waals surface area contributed by atoms with E-state index in [4.69, 9.17) is 0 Å². The molecule has 0 radical (unpaired) electrons. The van der Waals surface area contributed by atoms with E-state index in [2.05, 4.69) is 19.2 Å². The second kappa shape index (κ2) is 5.67. The Balaban J connectivity index is 2.56. The lowest BCUT2D eigenvalue weighted by Gasteiger charge is -2.37. The predicted octanol–water partition coefficient (Wildman–Crippen LogP) is 2.02. The van der Waals surface area contributed by atoms with Crippen LogP contribution in [0.4, 0.5) is 0 Å². The molecule has 0 spiro atoms. The Bertz CT molecular complexity index is 236. The van der Waals surface area contributed by atoms with Crippen LogP contribution in [-0.4, -0.2) is 36.5 Å². The van der Waals surface area contributed by atoms with E-state index >= 15 is 0 Å². The number of likely N-dealkylation sites (tertiary alicyclic amines) is 1. The van der Waals surface area contributed by atoms with Crippen molar-refractivity contribution in [2.24, 2.45) is 5.41 Å². The molecule has 1 N–H and O–H groups in total. The summed E-state index contributed by atoms with van der Waals surface area (Å²) in [5, 5.41) is 3.44. The van der Waals surface area contributed by atoms with Crippen LogP contribution in [0.3, 0.4) is 0 Å². The quantitative estimate of drug-likeness (QED) is 0.795. The monoisotopic (exact) mass is 226 g/mol. The molecule has 0 bridgehead atoms. The summed E-state index contributed by atoms with van der Waals surface area (Å²) in [5.41, 5.74) is -0.200. The lowest BCUT2D eigenvalue weighted by atomic mass is 9.87. The fraction of sp³-hybridized carbons (Fsp3) is 0.923. The lowest BCUT2D eigenvalue weighted by Crippen LogP contribution is -2.51. The van der Waals surface area contributed by atoms with Gasteiger partial charge in [-0.1, -0.05) is 27.7 Å². The minimum absolute atomic E-state index is 0.200. The number of nitrogens with one attached hydrogen (secondary N) is 1. The largest absolute Gasteiger partial charge is 0.341 e. The first kappa shape index (κ1) is 13.5. The van der Waals surface area contributed by atoms with E-state index in [1.165, 1.54) is 6.42 Å². The SMILES string of the molecule is CCNC1CCCN(C(=O)C(C)(C)CC)C1. The van der Waals surface area contributed by atoms with Crippen molar-refractivity contribution in [3.05, 3.63) is 0 Å². The molecule has 1 aliphatic rings. The van der Waals surface area contributed by atoms with Gasteiger partial charge in [-0.15, -0.1) is 0 Å². The highest BCUT2D eigenvalue weighted by Crippen LogP contribution is 2.25. The van der Waals surface area contributed by atoms with E-state index in [9.17, 15) is 4.79 Å². The predicted molar refractivity (Wildman–Crippen MR) is 67.4 cm³/mol. The summed E-state index contributed by atoms with van der Waals surface area (Å²) >= 11 is 0. The van der Waals surface area contributed by atoms with Crippen LogP contribution in [0.25, 0.3) is 0 Å². The van der Waals surface area contributed by atoms with Crippen LogP contribution in [0.5, 0.6) is 0 Å². The van der Waals surface area contributed by atoms with Crippen molar-refractivity contribution in [2.45, 2.75) is 53.0 Å². The Morgan fingerprint density at radius 1 is 1.44 bits per heavy atom. The van der Waals surface area contributed by atoms with Gasteiger partial charge in [-0.05, 0) is 25.8 Å². The van der Waals surface area contributed by atoms with Crippen LogP contribution in [0.1, 0.15) is 47.0 Å². The van der Waals surface area contributed by atoms with Crippen molar-refractivity contribution < 1.29 is 4.79 Å². The highest BCUT2D eigenvalue weighted by atomic mass is 16.2. The van der Waals surface area contributed by atoms with Crippen molar-refractivity contribution >= 4 is 5.91 Å². The Hall–Kier alpha value is -0.570. The van der Waals surface area contributed by atoms with Crippen molar-refractivity contribution in [2.75, 3.05) is 19.6 Å². The molecule has 1 amide bonds. The molecule has 0 saturated carbocycles. The Labute approximate surface area is 99.6 Å². The van der Waals surface area contributed by atoms with Crippen LogP contribution < -0.4 is 5.32 Å². The second-order valence-electron chi connectivity index (χ2n) is 5.39. The summed E-state index contributed by atoms with van der Waals surface area (Å²) in [6.45, 7) is 11.1. The number of hydrogen-bond acceptors (Lipinski definition) is 2. The number of amides is 1. The average Bonchev–Trinajstić information content (AvgIpc) is 2.29. The van der Waals surface area contributed by atoms with Gasteiger partial charge in [-0.3, -0.25) is 4.79 Å². The smallest absolute Gasteiger partial charge is 0.228 e. The van der Waals surface area contributed by atoms with Crippen LogP contribution in [0.2, 0.25) is 0 Å². The third-order valence-corrected chi connectivity index (χ3v) is 3.66. The zero-order chi connectivity index (χ0) is 12.2. The number of piperidine rings is 1. The van der Waals surface area contributed by atoms with Crippen molar-refractivity contribution in [1.29, 1.82) is 0 Å². The van der Waals surface area contributed by atoms with E-state index in [0.717, 1.165) is 32.5 Å². The fourth-order valence-electron chi connectivity index (χ4n) is 2.20. The topological polar surface area (TPSA) is 32.3 Å². The first-order chi connectivity index (χ1) is 7.51. The highest BCUT2D eigenvalue weighted by Gasteiger charge is 2.32. The molecule has 3 heteroatoms. The van der Waals surface area contributed by atoms with Gasteiger partial charge in [0, 0.05) is 24.5 Å². The van der Waals surface area contributed by atoms with Gasteiger partial charge >= 0.3 is 0 Å². The molecule has 1 atom stereocenters. The zero-order valence-electron chi connectivity index (χ0n) is 11.2. The third kappa shape index (κ3) is 3.21. The first-order valence-corrected chi connectivity index (χ1v) is 6.54. The zero-order valence-corrected chi connectivity index (χ0v) is 11.2. The number of hydrogen-bond donors (Lipinski definition) is 1. The maximum atomic E-state index is 12.3. The summed E-state index contributed by atoms with van der Waals surface area (Å²) < 4.78 is 0. The van der Waals surface area contributed by atoms with E-state index in [-0.39, 0.29) is 5.41 Å². The minimum Gasteiger partial charge on any atom is -0.341 e. The van der Waals surface area contributed by atoms with Gasteiger partial charge in [0.25, 0.3) is 0 Å². The first-order valence-electron chi connectivity index (χ1n) is 6.54. The number of carbonyl (C=O) groups is 1. The molecule has 1 aliphatic heterocycles. The normalized spacial score (nSPS) is 22.2. The molecule has 3 nitrogen and oxygen atoms in total. The van der Waals surface area contributed by atoms with Crippen LogP contribution in [0, 0.1) is 5.41 Å². The Morgan fingerprint density at radius 3 is 2.69 bits per heavy atom. The third-order valence-electron chi connectivity index (χ3n) is 3.66. The lowest BCUT2D eigenvalue weighted by molar-refractivity contribution is -0.141. The van der Waals surface area contributed by atoms with Crippen LogP contribution in [0.15, 0.2) is 0 Å². The maximum Gasteiger partial charge on any atom is 0.228 e. The van der Waals surface area contributed by atoms with Gasteiger partial charge < -0.3 is 10.2 Å². The summed E-state index contributed by atoms with van der Waals surface area (Å²) in [7, 11) is 0. The number of nitrogens with zero attached hydrogens (tertiary/aromatic N) is 1. The molecular formula is C13H26N2O. The molecule has 1 heterocycles. The van der Waals surface area contributed by atoms with E-state index in [1.807, 2.05) is 18.7 Å². The molecule has 0 aromatic heterocycles. The van der Waals surface area contributed by atoms with Crippen molar-refractivity contribution in [3.63, 3.8) is 0 Å². The van der Waals surface area contributed by atoms with Gasteiger partial charge in [0.1, 0.15) is 0 Å². The molecule has 0 aliphatic carbocycles. The van der Waals surface area contributed by atoms with Gasteiger partial charge in [0.15, 0.2) is 0 Å². The van der Waals surface area contributed by atoms with Crippen molar-refractivity contribution in [3.8, 4) is 0 Å². The molecule has 1 rings (SSSR count). The Morgan fingerprint density at radius 2 is 2.12 bits per heavy atom. The fourth-order valence-corrected chi connectivity index (χ4v) is 2.20. The Kier molecular flexibility index (Phi) is 4.78. The van der Waals surface area contributed by atoms with Crippen LogP contribution in [-0.2, 0) is 4.79 Å². The van der Waals surface area contributed by atoms with E-state index in [0.29, 0.717) is 11.9 Å². The van der Waals surface area contributed by atoms with Gasteiger partial charge in [-0.2, -0.15) is 0 Å². The molecule has 1 unspecified atom stereocenters.